The summed E-state index contributed by atoms with van der Waals surface area (Å²) in [7, 11) is 1.64. The molecule has 0 aliphatic carbocycles. The fraction of sp³-hybridized carbons (Fsp3) is 0.571. The molecule has 0 saturated carbocycles. The van der Waals surface area contributed by atoms with Crippen LogP contribution in [0.5, 0.6) is 0 Å². The van der Waals surface area contributed by atoms with E-state index in [-0.39, 0.29) is 17.4 Å². The lowest BCUT2D eigenvalue weighted by molar-refractivity contribution is -0.121. The van der Waals surface area contributed by atoms with Crippen molar-refractivity contribution in [3.8, 4) is 0 Å². The number of aromatic nitrogens is 1. The number of hydrogen-bond donors (Lipinski definition) is 1. The van der Waals surface area contributed by atoms with Gasteiger partial charge in [0.05, 0.1) is 0 Å². The van der Waals surface area contributed by atoms with E-state index in [4.69, 9.17) is 0 Å². The number of nitrogens with zero attached hydrogens (tertiary/aromatic N) is 1. The highest BCUT2D eigenvalue weighted by Gasteiger charge is 2.17. The standard InChI is InChI=1S/C14H22N2O2/c1-5-6-7-11-8-9-12(13(17)15-11)16(4)14(18)10(2)3/h8-10H,5-7H2,1-4H3,(H,15,17). The van der Waals surface area contributed by atoms with Gasteiger partial charge in [0.1, 0.15) is 5.69 Å². The first-order valence-electron chi connectivity index (χ1n) is 6.47. The molecule has 4 nitrogen and oxygen atoms in total. The lowest BCUT2D eigenvalue weighted by Gasteiger charge is -2.18. The van der Waals surface area contributed by atoms with Gasteiger partial charge in [-0.1, -0.05) is 27.2 Å². The molecule has 18 heavy (non-hydrogen) atoms. The molecule has 1 heterocycles. The number of hydrogen-bond acceptors (Lipinski definition) is 2. The molecule has 0 bridgehead atoms. The molecule has 4 heteroatoms. The van der Waals surface area contributed by atoms with Crippen LogP contribution in [0.25, 0.3) is 0 Å². The lowest BCUT2D eigenvalue weighted by atomic mass is 10.1. The van der Waals surface area contributed by atoms with Crippen molar-refractivity contribution in [3.05, 3.63) is 28.2 Å². The van der Waals surface area contributed by atoms with E-state index >= 15 is 0 Å². The number of nitrogens with one attached hydrogen (secondary N) is 1. The summed E-state index contributed by atoms with van der Waals surface area (Å²) >= 11 is 0. The van der Waals surface area contributed by atoms with Crippen molar-refractivity contribution in [1.29, 1.82) is 0 Å². The van der Waals surface area contributed by atoms with E-state index in [2.05, 4.69) is 11.9 Å². The van der Waals surface area contributed by atoms with Crippen LogP contribution in [0.15, 0.2) is 16.9 Å². The molecule has 0 aromatic carbocycles. The smallest absolute Gasteiger partial charge is 0.272 e. The normalized spacial score (nSPS) is 10.7. The average molecular weight is 250 g/mol. The summed E-state index contributed by atoms with van der Waals surface area (Å²) in [6, 6.07) is 3.61. The Kier molecular flexibility index (Phi) is 5.13. The molecule has 0 aliphatic rings. The van der Waals surface area contributed by atoms with Gasteiger partial charge in [-0.2, -0.15) is 0 Å². The van der Waals surface area contributed by atoms with Crippen LogP contribution >= 0.6 is 0 Å². The highest BCUT2D eigenvalue weighted by atomic mass is 16.2. The second kappa shape index (κ2) is 6.38. The Hall–Kier alpha value is -1.58. The first-order chi connectivity index (χ1) is 8.47. The monoisotopic (exact) mass is 250 g/mol. The van der Waals surface area contributed by atoms with Crippen LogP contribution in [-0.2, 0) is 11.2 Å². The van der Waals surface area contributed by atoms with Crippen molar-refractivity contribution < 1.29 is 4.79 Å². The second-order valence-electron chi connectivity index (χ2n) is 4.85. The first-order valence-corrected chi connectivity index (χ1v) is 6.47. The quantitative estimate of drug-likeness (QED) is 0.872. The van der Waals surface area contributed by atoms with Crippen LogP contribution in [0, 0.1) is 5.92 Å². The number of anilines is 1. The van der Waals surface area contributed by atoms with E-state index in [1.54, 1.807) is 13.1 Å². The highest BCUT2D eigenvalue weighted by molar-refractivity contribution is 5.93. The maximum absolute atomic E-state index is 11.9. The van der Waals surface area contributed by atoms with Gasteiger partial charge in [0.25, 0.3) is 5.56 Å². The van der Waals surface area contributed by atoms with E-state index < -0.39 is 0 Å². The third-order valence-electron chi connectivity index (χ3n) is 2.93. The number of aryl methyl sites for hydroxylation is 1. The summed E-state index contributed by atoms with van der Waals surface area (Å²) < 4.78 is 0. The molecular formula is C14H22N2O2. The van der Waals surface area contributed by atoms with Crippen molar-refractivity contribution in [3.63, 3.8) is 0 Å². The van der Waals surface area contributed by atoms with Crippen LogP contribution in [0.2, 0.25) is 0 Å². The van der Waals surface area contributed by atoms with Gasteiger partial charge >= 0.3 is 0 Å². The molecule has 0 unspecified atom stereocenters. The second-order valence-corrected chi connectivity index (χ2v) is 4.85. The number of carbonyl (C=O) groups is 1. The summed E-state index contributed by atoms with van der Waals surface area (Å²) in [5.41, 5.74) is 1.14. The van der Waals surface area contributed by atoms with E-state index in [1.807, 2.05) is 19.9 Å². The van der Waals surface area contributed by atoms with Crippen molar-refractivity contribution >= 4 is 11.6 Å². The van der Waals surface area contributed by atoms with Gasteiger partial charge < -0.3 is 9.88 Å². The van der Waals surface area contributed by atoms with Crippen LogP contribution in [0.1, 0.15) is 39.3 Å². The number of pyridine rings is 1. The van der Waals surface area contributed by atoms with Gasteiger partial charge in [0.2, 0.25) is 5.91 Å². The van der Waals surface area contributed by atoms with Gasteiger partial charge in [-0.15, -0.1) is 0 Å². The van der Waals surface area contributed by atoms with E-state index in [0.717, 1.165) is 25.0 Å². The van der Waals surface area contributed by atoms with E-state index in [0.29, 0.717) is 5.69 Å². The molecule has 0 spiro atoms. The zero-order valence-electron chi connectivity index (χ0n) is 11.6. The number of rotatable bonds is 5. The summed E-state index contributed by atoms with van der Waals surface area (Å²) in [5, 5.41) is 0. The molecule has 1 N–H and O–H groups in total. The van der Waals surface area contributed by atoms with Crippen LogP contribution in [-0.4, -0.2) is 17.9 Å². The minimum Gasteiger partial charge on any atom is -0.324 e. The minimum atomic E-state index is -0.194. The molecular weight excluding hydrogens is 228 g/mol. The Labute approximate surface area is 108 Å². The Morgan fingerprint density at radius 2 is 2.06 bits per heavy atom. The van der Waals surface area contributed by atoms with Gasteiger partial charge in [-0.05, 0) is 25.0 Å². The maximum Gasteiger partial charge on any atom is 0.272 e. The predicted molar refractivity (Wildman–Crippen MR) is 73.9 cm³/mol. The maximum atomic E-state index is 11.9. The number of unbranched alkanes of at least 4 members (excludes halogenated alkanes) is 1. The van der Waals surface area contributed by atoms with E-state index in [9.17, 15) is 9.59 Å². The highest BCUT2D eigenvalue weighted by Crippen LogP contribution is 2.10. The molecule has 0 radical (unpaired) electrons. The van der Waals surface area contributed by atoms with Crippen molar-refractivity contribution in [2.24, 2.45) is 5.92 Å². The van der Waals surface area contributed by atoms with Crippen molar-refractivity contribution in [1.82, 2.24) is 4.98 Å². The van der Waals surface area contributed by atoms with Gasteiger partial charge in [-0.3, -0.25) is 9.59 Å². The third kappa shape index (κ3) is 3.45. The number of H-pyrrole nitrogens is 1. The SMILES string of the molecule is CCCCc1ccc(N(C)C(=O)C(C)C)c(=O)[nH]1. The molecule has 0 saturated heterocycles. The Bertz CT molecular complexity index is 463. The zero-order chi connectivity index (χ0) is 13.7. The number of carbonyl (C=O) groups excluding carboxylic acids is 1. The fourth-order valence-corrected chi connectivity index (χ4v) is 1.79. The molecule has 0 aliphatic heterocycles. The van der Waals surface area contributed by atoms with Crippen LogP contribution in [0.4, 0.5) is 5.69 Å². The lowest BCUT2D eigenvalue weighted by Crippen LogP contribution is -2.34. The van der Waals surface area contributed by atoms with Crippen molar-refractivity contribution in [2.45, 2.75) is 40.0 Å². The Morgan fingerprint density at radius 1 is 1.39 bits per heavy atom. The molecule has 0 fully saturated rings. The zero-order valence-corrected chi connectivity index (χ0v) is 11.6. The minimum absolute atomic E-state index is 0.0539. The average Bonchev–Trinajstić information content (AvgIpc) is 2.34. The Morgan fingerprint density at radius 3 is 2.56 bits per heavy atom. The predicted octanol–water partition coefficient (Wildman–Crippen LogP) is 2.34. The largest absolute Gasteiger partial charge is 0.324 e. The molecule has 1 aromatic heterocycles. The molecule has 1 aromatic rings. The summed E-state index contributed by atoms with van der Waals surface area (Å²) in [5.74, 6) is -0.170. The van der Waals surface area contributed by atoms with Gasteiger partial charge in [0, 0.05) is 18.7 Å². The van der Waals surface area contributed by atoms with Gasteiger partial charge in [0.15, 0.2) is 0 Å². The summed E-state index contributed by atoms with van der Waals surface area (Å²) in [4.78, 5) is 28.0. The van der Waals surface area contributed by atoms with Crippen LogP contribution in [0.3, 0.4) is 0 Å². The molecule has 0 atom stereocenters. The summed E-state index contributed by atoms with van der Waals surface area (Å²) in [6.45, 7) is 5.76. The first kappa shape index (κ1) is 14.5. The summed E-state index contributed by atoms with van der Waals surface area (Å²) in [6.07, 6.45) is 3.01. The molecule has 100 valence electrons. The fourth-order valence-electron chi connectivity index (χ4n) is 1.79. The van der Waals surface area contributed by atoms with E-state index in [1.165, 1.54) is 4.90 Å². The molecule has 1 rings (SSSR count). The van der Waals surface area contributed by atoms with Crippen LogP contribution < -0.4 is 10.5 Å². The number of aromatic amines is 1. The molecule has 1 amide bonds. The van der Waals surface area contributed by atoms with Gasteiger partial charge in [-0.25, -0.2) is 0 Å². The number of amides is 1. The Balaban J connectivity index is 2.92. The topological polar surface area (TPSA) is 53.2 Å². The third-order valence-corrected chi connectivity index (χ3v) is 2.93. The van der Waals surface area contributed by atoms with Crippen molar-refractivity contribution in [2.75, 3.05) is 11.9 Å².